The van der Waals surface area contributed by atoms with Crippen molar-refractivity contribution in [2.45, 2.75) is 362 Å². The molecule has 0 saturated carbocycles. The first kappa shape index (κ1) is 79.2. The van der Waals surface area contributed by atoms with Gasteiger partial charge < -0.3 is 89.9 Å². The summed E-state index contributed by atoms with van der Waals surface area (Å²) in [6.07, 6.45) is 32.5. The van der Waals surface area contributed by atoms with Crippen molar-refractivity contribution >= 4 is 5.91 Å². The fourth-order valence-corrected chi connectivity index (χ4v) is 11.8. The predicted molar refractivity (Wildman–Crippen MR) is 337 cm³/mol. The van der Waals surface area contributed by atoms with Gasteiger partial charge in [0.2, 0.25) is 5.91 Å². The molecule has 3 rings (SSSR count). The number of unbranched alkanes of at least 4 members (excludes halogenated alkanes) is 33. The van der Waals surface area contributed by atoms with Gasteiger partial charge in [0.1, 0.15) is 73.2 Å². The molecule has 87 heavy (non-hydrogen) atoms. The highest BCUT2D eigenvalue weighted by Gasteiger charge is 2.53. The number of allylic oxidation sites excluding steroid dienone is 5. The highest BCUT2D eigenvalue weighted by molar-refractivity contribution is 5.76. The molecule has 3 fully saturated rings. The molecular formula is C68H125NO18. The van der Waals surface area contributed by atoms with E-state index in [-0.39, 0.29) is 18.9 Å². The summed E-state index contributed by atoms with van der Waals surface area (Å²) in [4.78, 5) is 13.2. The van der Waals surface area contributed by atoms with Gasteiger partial charge in [0.15, 0.2) is 18.9 Å². The smallest absolute Gasteiger partial charge is 0.220 e. The molecule has 510 valence electrons. The molecule has 0 aliphatic carbocycles. The van der Waals surface area contributed by atoms with Crippen LogP contribution in [0.25, 0.3) is 0 Å². The fraction of sp³-hybridized carbons (Fsp3) is 0.897. The molecule has 17 atom stereocenters. The Balaban J connectivity index is 1.23. The van der Waals surface area contributed by atoms with E-state index in [9.17, 15) is 61.0 Å². The molecule has 0 spiro atoms. The first-order valence-electron chi connectivity index (χ1n) is 34.7. The molecule has 0 radical (unpaired) electrons. The molecule has 19 nitrogen and oxygen atoms in total. The third-order valence-corrected chi connectivity index (χ3v) is 17.4. The minimum atomic E-state index is -1.97. The summed E-state index contributed by atoms with van der Waals surface area (Å²) in [5.74, 6) is -0.279. The van der Waals surface area contributed by atoms with Gasteiger partial charge in [0.25, 0.3) is 0 Å². The third-order valence-electron chi connectivity index (χ3n) is 17.4. The lowest BCUT2D eigenvalue weighted by atomic mass is 9.96. The molecule has 0 aromatic heterocycles. The second-order valence-corrected chi connectivity index (χ2v) is 25.0. The van der Waals surface area contributed by atoms with E-state index in [4.69, 9.17) is 28.4 Å². The largest absolute Gasteiger partial charge is 0.394 e. The Hall–Kier alpha value is -1.99. The number of nitrogens with one attached hydrogen (secondary N) is 1. The van der Waals surface area contributed by atoms with Crippen molar-refractivity contribution in [2.24, 2.45) is 0 Å². The van der Waals surface area contributed by atoms with Crippen LogP contribution in [0.5, 0.6) is 0 Å². The minimum absolute atomic E-state index is 0.245. The van der Waals surface area contributed by atoms with Gasteiger partial charge in [0.05, 0.1) is 38.6 Å². The maximum Gasteiger partial charge on any atom is 0.220 e. The molecule has 0 aromatic rings. The standard InChI is InChI=1S/C68H125NO18/c1-3-5-7-9-10-11-12-13-14-15-16-17-18-19-20-21-22-23-24-25-26-27-28-29-30-31-32-33-34-35-36-37-38-39-40-42-44-46-56(74)69-51(52(73)45-43-41-8-6-4-2)50-82-66-62(80)59(77)64(54(48-71)84-66)87-68-63(81)60(78)65(55(49-72)85-68)86-67-61(79)58(76)57(75)53(47-70)83-67/h12-13,15-16,43,45,51-55,57-68,70-73,75-81H,3-11,14,17-42,44,46-50H2,1-2H3,(H,69,74)/b13-12-,16-15-,45-43+. The SMILES string of the molecule is CCCCC/C=C/C(O)C(COC1OC(CO)C(OC2OC(CO)C(OC3OC(CO)C(O)C(O)C3O)C(O)C2O)C(O)C1O)NC(=O)CCCCCCCCCCCCCCCCCCCCCCCCCCC/C=C\C/C=C\CCCCCCC. The maximum atomic E-state index is 13.2. The van der Waals surface area contributed by atoms with Crippen LogP contribution in [0.3, 0.4) is 0 Å². The molecule has 12 N–H and O–H groups in total. The Bertz CT molecular complexity index is 1720. The Morgan fingerprint density at radius 3 is 1.20 bits per heavy atom. The van der Waals surface area contributed by atoms with E-state index < -0.39 is 124 Å². The zero-order valence-electron chi connectivity index (χ0n) is 53.8. The second kappa shape index (κ2) is 50.6. The van der Waals surface area contributed by atoms with E-state index in [1.165, 1.54) is 180 Å². The topological polar surface area (TPSA) is 307 Å². The summed E-state index contributed by atoms with van der Waals surface area (Å²) < 4.78 is 34.1. The van der Waals surface area contributed by atoms with E-state index in [2.05, 4.69) is 43.5 Å². The van der Waals surface area contributed by atoms with Crippen LogP contribution in [-0.2, 0) is 33.2 Å². The van der Waals surface area contributed by atoms with E-state index in [1.54, 1.807) is 6.08 Å². The van der Waals surface area contributed by atoms with Gasteiger partial charge >= 0.3 is 0 Å². The van der Waals surface area contributed by atoms with Crippen LogP contribution < -0.4 is 5.32 Å². The van der Waals surface area contributed by atoms with Crippen molar-refractivity contribution in [3.05, 3.63) is 36.5 Å². The van der Waals surface area contributed by atoms with Crippen molar-refractivity contribution in [1.29, 1.82) is 0 Å². The van der Waals surface area contributed by atoms with E-state index >= 15 is 0 Å². The van der Waals surface area contributed by atoms with Gasteiger partial charge in [-0.3, -0.25) is 4.79 Å². The highest BCUT2D eigenvalue weighted by Crippen LogP contribution is 2.33. The number of hydrogen-bond acceptors (Lipinski definition) is 18. The molecule has 3 heterocycles. The van der Waals surface area contributed by atoms with Gasteiger partial charge in [-0.25, -0.2) is 0 Å². The van der Waals surface area contributed by atoms with Crippen LogP contribution in [0, 0.1) is 0 Å². The van der Waals surface area contributed by atoms with Crippen molar-refractivity contribution in [1.82, 2.24) is 5.32 Å². The third kappa shape index (κ3) is 32.9. The van der Waals surface area contributed by atoms with Crippen LogP contribution in [0.15, 0.2) is 36.5 Å². The van der Waals surface area contributed by atoms with E-state index in [1.807, 2.05) is 6.08 Å². The molecule has 0 bridgehead atoms. The predicted octanol–water partition coefficient (Wildman–Crippen LogP) is 8.83. The number of carbonyl (C=O) groups excluding carboxylic acids is 1. The molecule has 3 saturated heterocycles. The van der Waals surface area contributed by atoms with Gasteiger partial charge in [0, 0.05) is 6.42 Å². The first-order valence-corrected chi connectivity index (χ1v) is 34.7. The molecule has 1 amide bonds. The van der Waals surface area contributed by atoms with Crippen molar-refractivity contribution in [2.75, 3.05) is 26.4 Å². The van der Waals surface area contributed by atoms with E-state index in [0.29, 0.717) is 6.42 Å². The monoisotopic (exact) mass is 1240 g/mol. The van der Waals surface area contributed by atoms with Crippen molar-refractivity contribution in [3.8, 4) is 0 Å². The summed E-state index contributed by atoms with van der Waals surface area (Å²) in [5, 5.41) is 120. The van der Waals surface area contributed by atoms with E-state index in [0.717, 1.165) is 51.4 Å². The van der Waals surface area contributed by atoms with Gasteiger partial charge in [-0.15, -0.1) is 0 Å². The maximum absolute atomic E-state index is 13.2. The first-order chi connectivity index (χ1) is 42.3. The minimum Gasteiger partial charge on any atom is -0.394 e. The lowest BCUT2D eigenvalue weighted by molar-refractivity contribution is -0.379. The van der Waals surface area contributed by atoms with Crippen LogP contribution >= 0.6 is 0 Å². The molecule has 17 unspecified atom stereocenters. The van der Waals surface area contributed by atoms with Gasteiger partial charge in [-0.1, -0.05) is 237 Å². The summed E-state index contributed by atoms with van der Waals surface area (Å²) >= 11 is 0. The zero-order valence-corrected chi connectivity index (χ0v) is 53.8. The number of carbonyl (C=O) groups is 1. The van der Waals surface area contributed by atoms with Crippen molar-refractivity contribution < 1.29 is 89.4 Å². The summed E-state index contributed by atoms with van der Waals surface area (Å²) in [6, 6.07) is -0.967. The Labute approximate surface area is 523 Å². The Morgan fingerprint density at radius 2 is 0.759 bits per heavy atom. The number of ether oxygens (including phenoxy) is 6. The van der Waals surface area contributed by atoms with Crippen LogP contribution in [0.1, 0.15) is 258 Å². The average Bonchev–Trinajstić information content (AvgIpc) is 3.57. The van der Waals surface area contributed by atoms with Crippen LogP contribution in [-0.4, -0.2) is 193 Å². The number of amides is 1. The Morgan fingerprint density at radius 1 is 0.414 bits per heavy atom. The number of hydrogen-bond donors (Lipinski definition) is 12. The fourth-order valence-electron chi connectivity index (χ4n) is 11.8. The van der Waals surface area contributed by atoms with Crippen LogP contribution in [0.2, 0.25) is 0 Å². The highest BCUT2D eigenvalue weighted by atomic mass is 16.8. The Kier molecular flexibility index (Phi) is 46.0. The second-order valence-electron chi connectivity index (χ2n) is 25.0. The number of rotatable bonds is 53. The van der Waals surface area contributed by atoms with Crippen molar-refractivity contribution in [3.63, 3.8) is 0 Å². The molecule has 3 aliphatic heterocycles. The zero-order chi connectivity index (χ0) is 63.3. The molecular weight excluding hydrogens is 1120 g/mol. The summed E-state index contributed by atoms with van der Waals surface area (Å²) in [6.45, 7) is 1.60. The van der Waals surface area contributed by atoms with Gasteiger partial charge in [-0.2, -0.15) is 0 Å². The molecule has 19 heteroatoms. The van der Waals surface area contributed by atoms with Crippen LogP contribution in [0.4, 0.5) is 0 Å². The summed E-state index contributed by atoms with van der Waals surface area (Å²) in [5.41, 5.74) is 0. The number of aliphatic hydroxyl groups excluding tert-OH is 11. The quantitative estimate of drug-likeness (QED) is 0.0200. The number of aliphatic hydroxyl groups is 11. The lowest BCUT2D eigenvalue weighted by Crippen LogP contribution is -2.66. The lowest BCUT2D eigenvalue weighted by Gasteiger charge is -2.48. The summed E-state index contributed by atoms with van der Waals surface area (Å²) in [7, 11) is 0. The molecule has 3 aliphatic rings. The normalized spacial score (nSPS) is 28.8. The average molecular weight is 1240 g/mol. The molecule has 0 aromatic carbocycles. The van der Waals surface area contributed by atoms with Gasteiger partial charge in [-0.05, 0) is 51.4 Å².